The Balaban J connectivity index is 2.44. The van der Waals surface area contributed by atoms with Gasteiger partial charge in [0.25, 0.3) is 0 Å². The number of hydrogen-bond acceptors (Lipinski definition) is 5. The van der Waals surface area contributed by atoms with Gasteiger partial charge in [0, 0.05) is 12.7 Å². The van der Waals surface area contributed by atoms with Gasteiger partial charge in [-0.05, 0) is 17.4 Å². The zero-order valence-electron chi connectivity index (χ0n) is 8.82. The van der Waals surface area contributed by atoms with Crippen LogP contribution in [0.25, 0.3) is 11.4 Å². The van der Waals surface area contributed by atoms with Crippen LogP contribution in [0.2, 0.25) is 0 Å². The number of carbonyl (C=O) groups is 1. The molecule has 0 aromatic carbocycles. The Hall–Kier alpha value is -2.25. The Labute approximate surface area is 90.5 Å². The number of rotatable bonds is 3. The third-order valence-electron chi connectivity index (χ3n) is 2.29. The van der Waals surface area contributed by atoms with Crippen molar-refractivity contribution in [2.75, 3.05) is 0 Å². The van der Waals surface area contributed by atoms with E-state index in [1.54, 1.807) is 17.9 Å². The number of nitrogens with zero attached hydrogens (tertiary/aromatic N) is 6. The molecule has 0 aliphatic heterocycles. The summed E-state index contributed by atoms with van der Waals surface area (Å²) in [5.74, 6) is -0.580. The molecule has 0 spiro atoms. The van der Waals surface area contributed by atoms with Crippen LogP contribution < -0.4 is 0 Å². The van der Waals surface area contributed by atoms with Crippen molar-refractivity contribution in [3.05, 3.63) is 11.9 Å². The van der Waals surface area contributed by atoms with Crippen molar-refractivity contribution < 1.29 is 9.90 Å². The highest BCUT2D eigenvalue weighted by atomic mass is 16.4. The summed E-state index contributed by atoms with van der Waals surface area (Å²) in [6, 6.07) is 0. The zero-order chi connectivity index (χ0) is 11.7. The normalized spacial score (nSPS) is 10.6. The quantitative estimate of drug-likeness (QED) is 0.749. The van der Waals surface area contributed by atoms with E-state index in [4.69, 9.17) is 5.11 Å². The molecule has 2 heterocycles. The second-order valence-corrected chi connectivity index (χ2v) is 3.32. The van der Waals surface area contributed by atoms with Crippen LogP contribution in [-0.2, 0) is 18.4 Å². The Morgan fingerprint density at radius 1 is 1.56 bits per heavy atom. The lowest BCUT2D eigenvalue weighted by Crippen LogP contribution is -2.11. The molecule has 0 saturated heterocycles. The minimum absolute atomic E-state index is 0.267. The van der Waals surface area contributed by atoms with Gasteiger partial charge in [0.15, 0.2) is 5.82 Å². The van der Waals surface area contributed by atoms with Crippen LogP contribution in [0.4, 0.5) is 0 Å². The molecule has 0 atom stereocenters. The SMILES string of the molecule is Cc1c(-c2nnnn2CC(=O)O)cnn1C. The Kier molecular flexibility index (Phi) is 2.39. The molecule has 0 radical (unpaired) electrons. The molecular weight excluding hydrogens is 212 g/mol. The molecule has 2 rings (SSSR count). The largest absolute Gasteiger partial charge is 0.480 e. The molecular formula is C8H10N6O2. The second kappa shape index (κ2) is 3.72. The molecule has 0 unspecified atom stereocenters. The van der Waals surface area contributed by atoms with Crippen molar-refractivity contribution in [3.8, 4) is 11.4 Å². The standard InChI is InChI=1S/C8H10N6O2/c1-5-6(3-9-13(5)2)8-10-11-12-14(8)4-7(15)16/h3H,4H2,1-2H3,(H,15,16). The van der Waals surface area contributed by atoms with Crippen molar-refractivity contribution in [1.82, 2.24) is 30.0 Å². The minimum Gasteiger partial charge on any atom is -0.480 e. The lowest BCUT2D eigenvalue weighted by molar-refractivity contribution is -0.137. The van der Waals surface area contributed by atoms with Crippen LogP contribution in [0.5, 0.6) is 0 Å². The van der Waals surface area contributed by atoms with E-state index in [0.29, 0.717) is 5.82 Å². The fraction of sp³-hybridized carbons (Fsp3) is 0.375. The number of carboxylic acids is 1. The van der Waals surface area contributed by atoms with E-state index in [1.165, 1.54) is 4.68 Å². The second-order valence-electron chi connectivity index (χ2n) is 3.32. The maximum atomic E-state index is 10.6. The molecule has 2 aromatic heterocycles. The first-order valence-corrected chi connectivity index (χ1v) is 4.56. The molecule has 0 bridgehead atoms. The maximum absolute atomic E-state index is 10.6. The number of carboxylic acid groups (broad SMARTS) is 1. The van der Waals surface area contributed by atoms with Gasteiger partial charge in [-0.25, -0.2) is 4.68 Å². The highest BCUT2D eigenvalue weighted by Crippen LogP contribution is 2.18. The summed E-state index contributed by atoms with van der Waals surface area (Å²) in [4.78, 5) is 10.6. The summed E-state index contributed by atoms with van der Waals surface area (Å²) in [5, 5.41) is 23.6. The van der Waals surface area contributed by atoms with Crippen LogP contribution in [-0.4, -0.2) is 41.1 Å². The van der Waals surface area contributed by atoms with Gasteiger partial charge >= 0.3 is 5.97 Å². The zero-order valence-corrected chi connectivity index (χ0v) is 8.82. The third-order valence-corrected chi connectivity index (χ3v) is 2.29. The maximum Gasteiger partial charge on any atom is 0.325 e. The predicted molar refractivity (Wildman–Crippen MR) is 52.4 cm³/mol. The van der Waals surface area contributed by atoms with E-state index in [-0.39, 0.29) is 6.54 Å². The molecule has 0 fully saturated rings. The summed E-state index contributed by atoms with van der Waals surface area (Å²) in [6.45, 7) is 1.60. The number of aryl methyl sites for hydroxylation is 1. The van der Waals surface area contributed by atoms with Gasteiger partial charge in [-0.15, -0.1) is 5.10 Å². The molecule has 0 aliphatic carbocycles. The van der Waals surface area contributed by atoms with Crippen molar-refractivity contribution in [3.63, 3.8) is 0 Å². The minimum atomic E-state index is -0.991. The predicted octanol–water partition coefficient (Wildman–Crippen LogP) is -0.533. The molecule has 84 valence electrons. The van der Waals surface area contributed by atoms with Gasteiger partial charge in [-0.2, -0.15) is 5.10 Å². The summed E-state index contributed by atoms with van der Waals surface area (Å²) in [6.07, 6.45) is 1.61. The highest BCUT2D eigenvalue weighted by molar-refractivity contribution is 5.67. The van der Waals surface area contributed by atoms with Crippen LogP contribution >= 0.6 is 0 Å². The topological polar surface area (TPSA) is 98.7 Å². The Bertz CT molecular complexity index is 528. The third kappa shape index (κ3) is 1.64. The van der Waals surface area contributed by atoms with Crippen molar-refractivity contribution in [1.29, 1.82) is 0 Å². The lowest BCUT2D eigenvalue weighted by Gasteiger charge is -2.00. The van der Waals surface area contributed by atoms with Crippen molar-refractivity contribution in [2.45, 2.75) is 13.5 Å². The summed E-state index contributed by atoms with van der Waals surface area (Å²) < 4.78 is 2.90. The van der Waals surface area contributed by atoms with Gasteiger partial charge in [-0.3, -0.25) is 9.48 Å². The first-order chi connectivity index (χ1) is 7.59. The van der Waals surface area contributed by atoms with E-state index in [2.05, 4.69) is 20.6 Å². The van der Waals surface area contributed by atoms with Crippen LogP contribution in [0, 0.1) is 6.92 Å². The molecule has 16 heavy (non-hydrogen) atoms. The van der Waals surface area contributed by atoms with Gasteiger partial charge in [0.1, 0.15) is 6.54 Å². The monoisotopic (exact) mass is 222 g/mol. The fourth-order valence-corrected chi connectivity index (χ4v) is 1.35. The molecule has 8 heteroatoms. The number of aliphatic carboxylic acids is 1. The van der Waals surface area contributed by atoms with E-state index in [1.807, 2.05) is 6.92 Å². The van der Waals surface area contributed by atoms with Crippen molar-refractivity contribution in [2.24, 2.45) is 7.05 Å². The smallest absolute Gasteiger partial charge is 0.325 e. The van der Waals surface area contributed by atoms with Crippen molar-refractivity contribution >= 4 is 5.97 Å². The number of tetrazole rings is 1. The van der Waals surface area contributed by atoms with Gasteiger partial charge in [0.2, 0.25) is 0 Å². The first kappa shape index (κ1) is 10.3. The van der Waals surface area contributed by atoms with Gasteiger partial charge in [0.05, 0.1) is 11.8 Å². The Morgan fingerprint density at radius 2 is 2.31 bits per heavy atom. The number of aromatic nitrogens is 6. The average Bonchev–Trinajstić information content (AvgIpc) is 2.76. The molecule has 0 amide bonds. The summed E-state index contributed by atoms with van der Waals surface area (Å²) in [5.41, 5.74) is 1.61. The van der Waals surface area contributed by atoms with Crippen LogP contribution in [0.1, 0.15) is 5.69 Å². The lowest BCUT2D eigenvalue weighted by atomic mass is 10.2. The molecule has 0 aliphatic rings. The average molecular weight is 222 g/mol. The van der Waals surface area contributed by atoms with Crippen LogP contribution in [0.15, 0.2) is 6.20 Å². The van der Waals surface area contributed by atoms with Gasteiger partial charge < -0.3 is 5.11 Å². The van der Waals surface area contributed by atoms with Gasteiger partial charge in [-0.1, -0.05) is 0 Å². The van der Waals surface area contributed by atoms with E-state index < -0.39 is 5.97 Å². The fourth-order valence-electron chi connectivity index (χ4n) is 1.35. The molecule has 1 N–H and O–H groups in total. The highest BCUT2D eigenvalue weighted by Gasteiger charge is 2.15. The van der Waals surface area contributed by atoms with E-state index in [0.717, 1.165) is 11.3 Å². The number of hydrogen-bond donors (Lipinski definition) is 1. The van der Waals surface area contributed by atoms with E-state index >= 15 is 0 Å². The molecule has 0 saturated carbocycles. The summed E-state index contributed by atoms with van der Waals surface area (Å²) in [7, 11) is 1.80. The first-order valence-electron chi connectivity index (χ1n) is 4.56. The van der Waals surface area contributed by atoms with Crippen LogP contribution in [0.3, 0.4) is 0 Å². The summed E-state index contributed by atoms with van der Waals surface area (Å²) >= 11 is 0. The van der Waals surface area contributed by atoms with E-state index in [9.17, 15) is 4.79 Å². The Morgan fingerprint density at radius 3 is 2.88 bits per heavy atom. The molecule has 2 aromatic rings. The molecule has 8 nitrogen and oxygen atoms in total.